The average molecular weight is 291 g/mol. The number of benzene rings is 1. The van der Waals surface area contributed by atoms with E-state index < -0.39 is 0 Å². The lowest BCUT2D eigenvalue weighted by molar-refractivity contribution is 0.215. The van der Waals surface area contributed by atoms with Crippen LogP contribution in [0.25, 0.3) is 0 Å². The van der Waals surface area contributed by atoms with Crippen LogP contribution in [0.2, 0.25) is 0 Å². The van der Waals surface area contributed by atoms with Gasteiger partial charge in [-0.05, 0) is 48.4 Å². The van der Waals surface area contributed by atoms with Crippen LogP contribution in [0, 0.1) is 5.92 Å². The summed E-state index contributed by atoms with van der Waals surface area (Å²) in [6.45, 7) is 11.0. The van der Waals surface area contributed by atoms with Crippen LogP contribution in [-0.2, 0) is 5.41 Å². The molecule has 1 aliphatic rings. The SMILES string of the molecule is CC(C)(C)c1ccc(OCCCN2CCC(CO)C2)cc1. The van der Waals surface area contributed by atoms with Gasteiger partial charge in [0.2, 0.25) is 0 Å². The van der Waals surface area contributed by atoms with Gasteiger partial charge in [-0.15, -0.1) is 0 Å². The number of nitrogens with zero attached hydrogens (tertiary/aromatic N) is 1. The van der Waals surface area contributed by atoms with Gasteiger partial charge in [0.1, 0.15) is 5.75 Å². The second kappa shape index (κ2) is 7.28. The zero-order chi connectivity index (χ0) is 15.3. The van der Waals surface area contributed by atoms with E-state index in [1.807, 2.05) is 0 Å². The monoisotopic (exact) mass is 291 g/mol. The van der Waals surface area contributed by atoms with Crippen LogP contribution in [0.15, 0.2) is 24.3 Å². The number of rotatable bonds is 6. The minimum Gasteiger partial charge on any atom is -0.494 e. The predicted molar refractivity (Wildman–Crippen MR) is 86.9 cm³/mol. The second-order valence-electron chi connectivity index (χ2n) is 7.11. The fraction of sp³-hybridized carbons (Fsp3) is 0.667. The number of hydrogen-bond acceptors (Lipinski definition) is 3. The Hall–Kier alpha value is -1.06. The van der Waals surface area contributed by atoms with Crippen molar-refractivity contribution in [3.05, 3.63) is 29.8 Å². The van der Waals surface area contributed by atoms with E-state index in [4.69, 9.17) is 9.84 Å². The smallest absolute Gasteiger partial charge is 0.119 e. The first kappa shape index (κ1) is 16.3. The van der Waals surface area contributed by atoms with Crippen molar-refractivity contribution in [2.75, 3.05) is 32.8 Å². The predicted octanol–water partition coefficient (Wildman–Crippen LogP) is 3.07. The fourth-order valence-electron chi connectivity index (χ4n) is 2.79. The van der Waals surface area contributed by atoms with Gasteiger partial charge in [-0.3, -0.25) is 0 Å². The first-order valence-electron chi connectivity index (χ1n) is 8.05. The van der Waals surface area contributed by atoms with Crippen LogP contribution in [0.5, 0.6) is 5.75 Å². The average Bonchev–Trinajstić information content (AvgIpc) is 2.91. The van der Waals surface area contributed by atoms with E-state index in [0.29, 0.717) is 12.5 Å². The molecule has 1 N–H and O–H groups in total. The summed E-state index contributed by atoms with van der Waals surface area (Å²) in [7, 11) is 0. The van der Waals surface area contributed by atoms with Gasteiger partial charge < -0.3 is 14.7 Å². The summed E-state index contributed by atoms with van der Waals surface area (Å²) in [5, 5.41) is 9.13. The van der Waals surface area contributed by atoms with Gasteiger partial charge in [-0.1, -0.05) is 32.9 Å². The van der Waals surface area contributed by atoms with Gasteiger partial charge in [0.15, 0.2) is 0 Å². The van der Waals surface area contributed by atoms with Gasteiger partial charge in [0.25, 0.3) is 0 Å². The highest BCUT2D eigenvalue weighted by atomic mass is 16.5. The van der Waals surface area contributed by atoms with Crippen molar-refractivity contribution in [3.63, 3.8) is 0 Å². The van der Waals surface area contributed by atoms with E-state index in [1.54, 1.807) is 0 Å². The molecule has 1 aliphatic heterocycles. The molecule has 0 amide bonds. The molecule has 1 fully saturated rings. The maximum absolute atomic E-state index is 9.13. The molecular formula is C18H29NO2. The molecule has 0 saturated carbocycles. The third-order valence-corrected chi connectivity index (χ3v) is 4.24. The third-order valence-electron chi connectivity index (χ3n) is 4.24. The third kappa shape index (κ3) is 5.01. The Morgan fingerprint density at radius 2 is 1.95 bits per heavy atom. The highest BCUT2D eigenvalue weighted by Gasteiger charge is 2.20. The summed E-state index contributed by atoms with van der Waals surface area (Å²) >= 11 is 0. The van der Waals surface area contributed by atoms with Crippen molar-refractivity contribution < 1.29 is 9.84 Å². The zero-order valence-corrected chi connectivity index (χ0v) is 13.6. The summed E-state index contributed by atoms with van der Waals surface area (Å²) < 4.78 is 5.81. The van der Waals surface area contributed by atoms with E-state index in [9.17, 15) is 0 Å². The van der Waals surface area contributed by atoms with E-state index in [0.717, 1.165) is 44.8 Å². The summed E-state index contributed by atoms with van der Waals surface area (Å²) in [5.41, 5.74) is 1.53. The molecule has 0 radical (unpaired) electrons. The molecule has 2 rings (SSSR count). The summed E-state index contributed by atoms with van der Waals surface area (Å²) in [6, 6.07) is 8.44. The van der Waals surface area contributed by atoms with Crippen LogP contribution < -0.4 is 4.74 Å². The number of aliphatic hydroxyl groups is 1. The number of aliphatic hydroxyl groups excluding tert-OH is 1. The molecule has 3 nitrogen and oxygen atoms in total. The minimum absolute atomic E-state index is 0.192. The minimum atomic E-state index is 0.192. The molecule has 0 aliphatic carbocycles. The lowest BCUT2D eigenvalue weighted by Gasteiger charge is -2.19. The van der Waals surface area contributed by atoms with Gasteiger partial charge in [-0.2, -0.15) is 0 Å². The van der Waals surface area contributed by atoms with Gasteiger partial charge in [0.05, 0.1) is 6.61 Å². The molecule has 3 heteroatoms. The maximum Gasteiger partial charge on any atom is 0.119 e. The van der Waals surface area contributed by atoms with Crippen molar-refractivity contribution in [2.24, 2.45) is 5.92 Å². The molecule has 0 spiro atoms. The highest BCUT2D eigenvalue weighted by Crippen LogP contribution is 2.24. The quantitative estimate of drug-likeness (QED) is 0.818. The summed E-state index contributed by atoms with van der Waals surface area (Å²) in [5.74, 6) is 1.44. The van der Waals surface area contributed by atoms with Crippen LogP contribution in [0.4, 0.5) is 0 Å². The van der Waals surface area contributed by atoms with Crippen LogP contribution in [0.3, 0.4) is 0 Å². The fourth-order valence-corrected chi connectivity index (χ4v) is 2.79. The van der Waals surface area contributed by atoms with Gasteiger partial charge >= 0.3 is 0 Å². The Morgan fingerprint density at radius 3 is 2.52 bits per heavy atom. The topological polar surface area (TPSA) is 32.7 Å². The number of ether oxygens (including phenoxy) is 1. The molecule has 1 unspecified atom stereocenters. The zero-order valence-electron chi connectivity index (χ0n) is 13.6. The van der Waals surface area contributed by atoms with Crippen molar-refractivity contribution >= 4 is 0 Å². The molecule has 118 valence electrons. The largest absolute Gasteiger partial charge is 0.494 e. The second-order valence-corrected chi connectivity index (χ2v) is 7.11. The lowest BCUT2D eigenvalue weighted by Crippen LogP contribution is -2.24. The van der Waals surface area contributed by atoms with E-state index in [2.05, 4.69) is 49.9 Å². The molecule has 1 aromatic carbocycles. The Balaban J connectivity index is 1.67. The number of likely N-dealkylation sites (tertiary alicyclic amines) is 1. The van der Waals surface area contributed by atoms with E-state index in [1.165, 1.54) is 5.56 Å². The van der Waals surface area contributed by atoms with Gasteiger partial charge in [-0.25, -0.2) is 0 Å². The molecule has 1 atom stereocenters. The van der Waals surface area contributed by atoms with E-state index in [-0.39, 0.29) is 5.41 Å². The van der Waals surface area contributed by atoms with Crippen molar-refractivity contribution in [1.82, 2.24) is 4.90 Å². The standard InChI is InChI=1S/C18H29NO2/c1-18(2,3)16-5-7-17(8-6-16)21-12-4-10-19-11-9-15(13-19)14-20/h5-8,15,20H,4,9-14H2,1-3H3. The number of hydrogen-bond donors (Lipinski definition) is 1. The molecule has 1 saturated heterocycles. The highest BCUT2D eigenvalue weighted by molar-refractivity contribution is 5.31. The van der Waals surface area contributed by atoms with Crippen molar-refractivity contribution in [2.45, 2.75) is 39.0 Å². The van der Waals surface area contributed by atoms with E-state index >= 15 is 0 Å². The normalized spacial score (nSPS) is 19.9. The molecular weight excluding hydrogens is 262 g/mol. The summed E-state index contributed by atoms with van der Waals surface area (Å²) in [6.07, 6.45) is 2.17. The molecule has 1 heterocycles. The lowest BCUT2D eigenvalue weighted by atomic mass is 9.87. The van der Waals surface area contributed by atoms with Crippen LogP contribution in [-0.4, -0.2) is 42.9 Å². The molecule has 1 aromatic rings. The molecule has 0 bridgehead atoms. The van der Waals surface area contributed by atoms with Gasteiger partial charge in [0, 0.05) is 19.7 Å². The molecule has 0 aromatic heterocycles. The summed E-state index contributed by atoms with van der Waals surface area (Å²) in [4.78, 5) is 2.42. The first-order chi connectivity index (χ1) is 9.99. The van der Waals surface area contributed by atoms with Crippen LogP contribution in [0.1, 0.15) is 39.2 Å². The Kier molecular flexibility index (Phi) is 5.65. The maximum atomic E-state index is 9.13. The Morgan fingerprint density at radius 1 is 1.24 bits per heavy atom. The first-order valence-corrected chi connectivity index (χ1v) is 8.05. The Labute approximate surface area is 128 Å². The van der Waals surface area contributed by atoms with Crippen molar-refractivity contribution in [1.29, 1.82) is 0 Å². The van der Waals surface area contributed by atoms with Crippen molar-refractivity contribution in [3.8, 4) is 5.75 Å². The van der Waals surface area contributed by atoms with Crippen LogP contribution >= 0.6 is 0 Å². The molecule has 21 heavy (non-hydrogen) atoms. The Bertz CT molecular complexity index is 422.